The van der Waals surface area contributed by atoms with Gasteiger partial charge in [-0.15, -0.1) is 0 Å². The summed E-state index contributed by atoms with van der Waals surface area (Å²) in [6.45, 7) is 5.72. The second kappa shape index (κ2) is 6.20. The van der Waals surface area contributed by atoms with Crippen molar-refractivity contribution in [2.24, 2.45) is 11.3 Å². The molecule has 2 atom stereocenters. The Morgan fingerprint density at radius 1 is 1.44 bits per heavy atom. The van der Waals surface area contributed by atoms with Crippen LogP contribution in [0, 0.1) is 22.7 Å². The zero-order chi connectivity index (χ0) is 13.6. The van der Waals surface area contributed by atoms with Gasteiger partial charge in [0.2, 0.25) is 0 Å². The first-order chi connectivity index (χ1) is 8.51. The summed E-state index contributed by atoms with van der Waals surface area (Å²) in [5, 5.41) is 9.23. The first-order valence-electron chi connectivity index (χ1n) is 6.20. The van der Waals surface area contributed by atoms with E-state index in [1.807, 2.05) is 19.9 Å². The van der Waals surface area contributed by atoms with Gasteiger partial charge in [0.15, 0.2) is 5.41 Å². The summed E-state index contributed by atoms with van der Waals surface area (Å²) in [4.78, 5) is 12.1. The van der Waals surface area contributed by atoms with Crippen molar-refractivity contribution in [1.29, 1.82) is 5.26 Å². The fourth-order valence-electron chi connectivity index (χ4n) is 1.72. The van der Waals surface area contributed by atoms with E-state index in [9.17, 15) is 10.1 Å². The van der Waals surface area contributed by atoms with Crippen molar-refractivity contribution in [3.05, 3.63) is 30.3 Å². The van der Waals surface area contributed by atoms with Crippen molar-refractivity contribution in [3.8, 4) is 11.8 Å². The highest BCUT2D eigenvalue weighted by atomic mass is 16.5. The van der Waals surface area contributed by atoms with Crippen LogP contribution in [0.1, 0.15) is 33.6 Å². The van der Waals surface area contributed by atoms with Gasteiger partial charge in [0, 0.05) is 0 Å². The molecular weight excluding hydrogens is 226 g/mol. The Morgan fingerprint density at radius 2 is 2.06 bits per heavy atom. The largest absolute Gasteiger partial charge is 0.425 e. The number of rotatable bonds is 5. The Hall–Kier alpha value is -1.82. The summed E-state index contributed by atoms with van der Waals surface area (Å²) in [7, 11) is 0. The molecule has 0 fully saturated rings. The number of hydrogen-bond acceptors (Lipinski definition) is 3. The lowest BCUT2D eigenvalue weighted by Crippen LogP contribution is -2.32. The summed E-state index contributed by atoms with van der Waals surface area (Å²) < 4.78 is 5.25. The fourth-order valence-corrected chi connectivity index (χ4v) is 1.72. The van der Waals surface area contributed by atoms with Gasteiger partial charge in [0.1, 0.15) is 5.75 Å². The normalized spacial score (nSPS) is 15.2. The molecule has 0 aliphatic rings. The summed E-state index contributed by atoms with van der Waals surface area (Å²) in [6.07, 6.45) is 1.46. The standard InChI is InChI=1S/C15H19NO2/c1-4-12(2)10-15(3,11-16)14(17)18-13-8-6-5-7-9-13/h5-9,12H,4,10H2,1-3H3. The first-order valence-corrected chi connectivity index (χ1v) is 6.20. The van der Waals surface area contributed by atoms with Gasteiger partial charge < -0.3 is 4.74 Å². The summed E-state index contributed by atoms with van der Waals surface area (Å²) in [5.41, 5.74) is -1.08. The van der Waals surface area contributed by atoms with Crippen molar-refractivity contribution in [1.82, 2.24) is 0 Å². The molecule has 0 saturated carbocycles. The van der Waals surface area contributed by atoms with E-state index in [1.54, 1.807) is 31.2 Å². The number of para-hydroxylation sites is 1. The third kappa shape index (κ3) is 3.59. The molecule has 0 heterocycles. The Bertz CT molecular complexity index is 436. The number of nitriles is 1. The predicted molar refractivity (Wildman–Crippen MR) is 69.9 cm³/mol. The molecule has 0 aliphatic heterocycles. The first kappa shape index (κ1) is 14.2. The Kier molecular flexibility index (Phi) is 4.91. The lowest BCUT2D eigenvalue weighted by atomic mass is 9.82. The van der Waals surface area contributed by atoms with Gasteiger partial charge in [-0.25, -0.2) is 4.79 Å². The van der Waals surface area contributed by atoms with E-state index in [4.69, 9.17) is 4.74 Å². The Balaban J connectivity index is 2.77. The molecule has 3 nitrogen and oxygen atoms in total. The number of hydrogen-bond donors (Lipinski definition) is 0. The lowest BCUT2D eigenvalue weighted by Gasteiger charge is -2.22. The molecule has 0 spiro atoms. The van der Waals surface area contributed by atoms with Crippen molar-refractivity contribution in [3.63, 3.8) is 0 Å². The highest BCUT2D eigenvalue weighted by molar-refractivity contribution is 5.81. The van der Waals surface area contributed by atoms with E-state index in [0.29, 0.717) is 18.1 Å². The molecule has 0 amide bonds. The maximum absolute atomic E-state index is 12.1. The third-order valence-electron chi connectivity index (χ3n) is 3.10. The number of ether oxygens (including phenoxy) is 1. The minimum Gasteiger partial charge on any atom is -0.425 e. The van der Waals surface area contributed by atoms with Crippen LogP contribution in [0.3, 0.4) is 0 Å². The topological polar surface area (TPSA) is 50.1 Å². The Morgan fingerprint density at radius 3 is 2.56 bits per heavy atom. The smallest absolute Gasteiger partial charge is 0.331 e. The average Bonchev–Trinajstić information content (AvgIpc) is 2.39. The molecule has 1 aromatic rings. The van der Waals surface area contributed by atoms with Gasteiger partial charge in [0.05, 0.1) is 6.07 Å². The van der Waals surface area contributed by atoms with Crippen LogP contribution < -0.4 is 4.74 Å². The molecule has 0 aliphatic carbocycles. The van der Waals surface area contributed by atoms with E-state index >= 15 is 0 Å². The monoisotopic (exact) mass is 245 g/mol. The highest BCUT2D eigenvalue weighted by Crippen LogP contribution is 2.29. The molecule has 1 rings (SSSR count). The SMILES string of the molecule is CCC(C)CC(C)(C#N)C(=O)Oc1ccccc1. The second-order valence-electron chi connectivity index (χ2n) is 4.86. The average molecular weight is 245 g/mol. The number of esters is 1. The van der Waals surface area contributed by atoms with Crippen molar-refractivity contribution in [2.45, 2.75) is 33.6 Å². The zero-order valence-electron chi connectivity index (χ0n) is 11.1. The van der Waals surface area contributed by atoms with Crippen LogP contribution >= 0.6 is 0 Å². The number of carbonyl (C=O) groups excluding carboxylic acids is 1. The molecular formula is C15H19NO2. The Labute approximate surface area is 108 Å². The summed E-state index contributed by atoms with van der Waals surface area (Å²) in [6, 6.07) is 10.9. The number of carbonyl (C=O) groups is 1. The molecule has 0 aromatic heterocycles. The number of benzene rings is 1. The maximum atomic E-state index is 12.1. The second-order valence-corrected chi connectivity index (χ2v) is 4.86. The molecule has 2 unspecified atom stereocenters. The van der Waals surface area contributed by atoms with E-state index in [-0.39, 0.29) is 0 Å². The van der Waals surface area contributed by atoms with E-state index in [0.717, 1.165) is 6.42 Å². The molecule has 96 valence electrons. The quantitative estimate of drug-likeness (QED) is 0.588. The summed E-state index contributed by atoms with van der Waals surface area (Å²) in [5.74, 6) is 0.322. The van der Waals surface area contributed by atoms with E-state index in [2.05, 4.69) is 6.07 Å². The van der Waals surface area contributed by atoms with Crippen molar-refractivity contribution in [2.75, 3.05) is 0 Å². The molecule has 0 N–H and O–H groups in total. The maximum Gasteiger partial charge on any atom is 0.331 e. The van der Waals surface area contributed by atoms with Gasteiger partial charge in [0.25, 0.3) is 0 Å². The minimum absolute atomic E-state index is 0.318. The van der Waals surface area contributed by atoms with Crippen molar-refractivity contribution >= 4 is 5.97 Å². The zero-order valence-corrected chi connectivity index (χ0v) is 11.1. The fraction of sp³-hybridized carbons (Fsp3) is 0.467. The van der Waals surface area contributed by atoms with E-state index < -0.39 is 11.4 Å². The van der Waals surface area contributed by atoms with Gasteiger partial charge in [-0.1, -0.05) is 38.5 Å². The van der Waals surface area contributed by atoms with Crippen LogP contribution in [-0.2, 0) is 4.79 Å². The van der Waals surface area contributed by atoms with Gasteiger partial charge in [-0.2, -0.15) is 5.26 Å². The van der Waals surface area contributed by atoms with Gasteiger partial charge >= 0.3 is 5.97 Å². The van der Waals surface area contributed by atoms with Crippen LogP contribution in [0.25, 0.3) is 0 Å². The van der Waals surface area contributed by atoms with E-state index in [1.165, 1.54) is 0 Å². The molecule has 3 heteroatoms. The number of nitrogens with zero attached hydrogens (tertiary/aromatic N) is 1. The van der Waals surface area contributed by atoms with Crippen LogP contribution in [0.15, 0.2) is 30.3 Å². The van der Waals surface area contributed by atoms with Crippen LogP contribution in [0.4, 0.5) is 0 Å². The van der Waals surface area contributed by atoms with Crippen molar-refractivity contribution < 1.29 is 9.53 Å². The highest BCUT2D eigenvalue weighted by Gasteiger charge is 2.36. The van der Waals surface area contributed by atoms with Gasteiger partial charge in [-0.05, 0) is 31.4 Å². The lowest BCUT2D eigenvalue weighted by molar-refractivity contribution is -0.142. The predicted octanol–water partition coefficient (Wildman–Crippen LogP) is 3.56. The van der Waals surface area contributed by atoms with Crippen LogP contribution in [-0.4, -0.2) is 5.97 Å². The third-order valence-corrected chi connectivity index (χ3v) is 3.10. The minimum atomic E-state index is -1.08. The summed E-state index contributed by atoms with van der Waals surface area (Å²) >= 11 is 0. The van der Waals surface area contributed by atoms with Crippen LogP contribution in [0.5, 0.6) is 5.75 Å². The van der Waals surface area contributed by atoms with Gasteiger partial charge in [-0.3, -0.25) is 0 Å². The van der Waals surface area contributed by atoms with Crippen LogP contribution in [0.2, 0.25) is 0 Å². The molecule has 1 aromatic carbocycles. The molecule has 0 saturated heterocycles. The molecule has 0 radical (unpaired) electrons. The molecule has 0 bridgehead atoms. The molecule has 18 heavy (non-hydrogen) atoms.